The van der Waals surface area contributed by atoms with E-state index in [9.17, 15) is 0 Å². The van der Waals surface area contributed by atoms with Gasteiger partial charge < -0.3 is 4.52 Å². The fraction of sp³-hybridized carbons (Fsp3) is 0.700. The van der Waals surface area contributed by atoms with E-state index in [2.05, 4.69) is 19.0 Å². The van der Waals surface area contributed by atoms with Crippen LogP contribution in [0, 0.1) is 6.92 Å². The molecule has 0 spiro atoms. The molecular weight excluding hydrogens is 150 g/mol. The van der Waals surface area contributed by atoms with Gasteiger partial charge in [0.05, 0.1) is 5.69 Å². The Morgan fingerprint density at radius 1 is 1.50 bits per heavy atom. The molecule has 0 N–H and O–H groups in total. The molecule has 2 heteroatoms. The van der Waals surface area contributed by atoms with Gasteiger partial charge in [0.15, 0.2) is 0 Å². The van der Waals surface area contributed by atoms with Crippen LogP contribution in [0.5, 0.6) is 0 Å². The molecule has 2 nitrogen and oxygen atoms in total. The molecule has 0 bridgehead atoms. The number of aryl methyl sites for hydroxylation is 1. The van der Waals surface area contributed by atoms with E-state index < -0.39 is 0 Å². The molecule has 0 aliphatic rings. The summed E-state index contributed by atoms with van der Waals surface area (Å²) in [4.78, 5) is 0. The first-order chi connectivity index (χ1) is 5.77. The van der Waals surface area contributed by atoms with Gasteiger partial charge in [-0.25, -0.2) is 0 Å². The molecule has 1 unspecified atom stereocenters. The van der Waals surface area contributed by atoms with Gasteiger partial charge in [0.1, 0.15) is 5.76 Å². The fourth-order valence-electron chi connectivity index (χ4n) is 1.49. The summed E-state index contributed by atoms with van der Waals surface area (Å²) >= 11 is 0. The second-order valence-corrected chi connectivity index (χ2v) is 3.26. The van der Waals surface area contributed by atoms with Crippen LogP contribution in [0.15, 0.2) is 10.6 Å². The van der Waals surface area contributed by atoms with Gasteiger partial charge in [0.2, 0.25) is 0 Å². The summed E-state index contributed by atoms with van der Waals surface area (Å²) in [5.74, 6) is 1.51. The number of aromatic nitrogens is 1. The van der Waals surface area contributed by atoms with E-state index in [4.69, 9.17) is 4.52 Å². The van der Waals surface area contributed by atoms with E-state index in [0.29, 0.717) is 5.92 Å². The van der Waals surface area contributed by atoms with Crippen molar-refractivity contribution in [2.24, 2.45) is 0 Å². The largest absolute Gasteiger partial charge is 0.361 e. The van der Waals surface area contributed by atoms with Crippen molar-refractivity contribution in [1.29, 1.82) is 0 Å². The molecule has 1 rings (SSSR count). The highest BCUT2D eigenvalue weighted by atomic mass is 16.5. The monoisotopic (exact) mass is 167 g/mol. The average molecular weight is 167 g/mol. The second kappa shape index (κ2) is 4.29. The third-order valence-electron chi connectivity index (χ3n) is 2.19. The summed E-state index contributed by atoms with van der Waals surface area (Å²) in [7, 11) is 0. The summed E-state index contributed by atoms with van der Waals surface area (Å²) in [6.07, 6.45) is 3.58. The lowest BCUT2D eigenvalue weighted by Crippen LogP contribution is -1.96. The van der Waals surface area contributed by atoms with Crippen LogP contribution in [0.4, 0.5) is 0 Å². The van der Waals surface area contributed by atoms with Crippen molar-refractivity contribution in [2.45, 2.75) is 46.0 Å². The minimum absolute atomic E-state index is 0.590. The van der Waals surface area contributed by atoms with Gasteiger partial charge >= 0.3 is 0 Å². The van der Waals surface area contributed by atoms with Gasteiger partial charge in [0.25, 0.3) is 0 Å². The van der Waals surface area contributed by atoms with Crippen LogP contribution in [0.25, 0.3) is 0 Å². The van der Waals surface area contributed by atoms with E-state index >= 15 is 0 Å². The average Bonchev–Trinajstić information content (AvgIpc) is 2.47. The van der Waals surface area contributed by atoms with Gasteiger partial charge in [0, 0.05) is 12.0 Å². The van der Waals surface area contributed by atoms with Crippen LogP contribution < -0.4 is 0 Å². The smallest absolute Gasteiger partial charge is 0.133 e. The maximum absolute atomic E-state index is 5.04. The maximum Gasteiger partial charge on any atom is 0.133 e. The predicted molar refractivity (Wildman–Crippen MR) is 49.2 cm³/mol. The molecule has 0 saturated heterocycles. The lowest BCUT2D eigenvalue weighted by atomic mass is 9.97. The molecule has 0 radical (unpaired) electrons. The highest BCUT2D eigenvalue weighted by Crippen LogP contribution is 2.23. The fourth-order valence-corrected chi connectivity index (χ4v) is 1.49. The quantitative estimate of drug-likeness (QED) is 0.687. The topological polar surface area (TPSA) is 26.0 Å². The zero-order valence-electron chi connectivity index (χ0n) is 8.13. The van der Waals surface area contributed by atoms with Gasteiger partial charge in [-0.15, -0.1) is 0 Å². The molecule has 0 fully saturated rings. The van der Waals surface area contributed by atoms with Crippen LogP contribution in [-0.4, -0.2) is 5.16 Å². The van der Waals surface area contributed by atoms with E-state index in [1.165, 1.54) is 12.8 Å². The lowest BCUT2D eigenvalue weighted by Gasteiger charge is -2.08. The summed E-state index contributed by atoms with van der Waals surface area (Å²) in [6, 6.07) is 2.05. The van der Waals surface area contributed by atoms with Crippen molar-refractivity contribution in [3.8, 4) is 0 Å². The minimum Gasteiger partial charge on any atom is -0.361 e. The Morgan fingerprint density at radius 3 is 2.67 bits per heavy atom. The molecule has 0 amide bonds. The summed E-state index contributed by atoms with van der Waals surface area (Å²) < 4.78 is 5.04. The van der Waals surface area contributed by atoms with Crippen LogP contribution in [0.2, 0.25) is 0 Å². The SMILES string of the molecule is CCCC(CC)c1cc(C)on1. The third-order valence-corrected chi connectivity index (χ3v) is 2.19. The molecule has 12 heavy (non-hydrogen) atoms. The van der Waals surface area contributed by atoms with Gasteiger partial charge in [-0.05, 0) is 19.8 Å². The van der Waals surface area contributed by atoms with E-state index in [-0.39, 0.29) is 0 Å². The zero-order valence-corrected chi connectivity index (χ0v) is 8.13. The lowest BCUT2D eigenvalue weighted by molar-refractivity contribution is 0.381. The Morgan fingerprint density at radius 2 is 2.25 bits per heavy atom. The molecule has 0 aliphatic heterocycles. The first-order valence-electron chi connectivity index (χ1n) is 4.71. The van der Waals surface area contributed by atoms with E-state index in [1.807, 2.05) is 13.0 Å². The molecular formula is C10H17NO. The number of rotatable bonds is 4. The number of hydrogen-bond acceptors (Lipinski definition) is 2. The van der Waals surface area contributed by atoms with Crippen molar-refractivity contribution in [3.63, 3.8) is 0 Å². The van der Waals surface area contributed by atoms with Crippen LogP contribution in [-0.2, 0) is 0 Å². The molecule has 68 valence electrons. The maximum atomic E-state index is 5.04. The van der Waals surface area contributed by atoms with E-state index in [1.54, 1.807) is 0 Å². The molecule has 0 aromatic carbocycles. The highest BCUT2D eigenvalue weighted by Gasteiger charge is 2.11. The van der Waals surface area contributed by atoms with Crippen molar-refractivity contribution >= 4 is 0 Å². The number of nitrogens with zero attached hydrogens (tertiary/aromatic N) is 1. The zero-order chi connectivity index (χ0) is 8.97. The Bertz CT molecular complexity index is 229. The molecule has 0 saturated carbocycles. The highest BCUT2D eigenvalue weighted by molar-refractivity contribution is 5.08. The van der Waals surface area contributed by atoms with Gasteiger partial charge in [-0.3, -0.25) is 0 Å². The molecule has 1 heterocycles. The van der Waals surface area contributed by atoms with E-state index in [0.717, 1.165) is 17.9 Å². The van der Waals surface area contributed by atoms with Crippen LogP contribution >= 0.6 is 0 Å². The molecule has 1 aromatic heterocycles. The Balaban J connectivity index is 2.66. The number of hydrogen-bond donors (Lipinski definition) is 0. The Hall–Kier alpha value is -0.790. The summed E-state index contributed by atoms with van der Waals surface area (Å²) in [6.45, 7) is 6.34. The molecule has 1 aromatic rings. The summed E-state index contributed by atoms with van der Waals surface area (Å²) in [5.41, 5.74) is 1.12. The van der Waals surface area contributed by atoms with Crippen molar-refractivity contribution in [2.75, 3.05) is 0 Å². The first kappa shape index (κ1) is 9.30. The predicted octanol–water partition coefficient (Wildman–Crippen LogP) is 3.28. The molecule has 1 atom stereocenters. The van der Waals surface area contributed by atoms with Gasteiger partial charge in [-0.1, -0.05) is 25.4 Å². The van der Waals surface area contributed by atoms with Crippen molar-refractivity contribution in [3.05, 3.63) is 17.5 Å². The standard InChI is InChI=1S/C10H17NO/c1-4-6-9(5-2)10-7-8(3)12-11-10/h7,9H,4-6H2,1-3H3. The minimum atomic E-state index is 0.590. The Labute approximate surface area is 74.0 Å². The van der Waals surface area contributed by atoms with Crippen LogP contribution in [0.3, 0.4) is 0 Å². The van der Waals surface area contributed by atoms with Crippen LogP contribution in [0.1, 0.15) is 50.5 Å². The Kier molecular flexibility index (Phi) is 3.32. The van der Waals surface area contributed by atoms with Crippen molar-refractivity contribution < 1.29 is 4.52 Å². The van der Waals surface area contributed by atoms with Crippen molar-refractivity contribution in [1.82, 2.24) is 5.16 Å². The normalized spacial score (nSPS) is 13.2. The first-order valence-corrected chi connectivity index (χ1v) is 4.71. The summed E-state index contributed by atoms with van der Waals surface area (Å²) in [5, 5.41) is 4.03. The van der Waals surface area contributed by atoms with Gasteiger partial charge in [-0.2, -0.15) is 0 Å². The third kappa shape index (κ3) is 2.10. The molecule has 0 aliphatic carbocycles. The second-order valence-electron chi connectivity index (χ2n) is 3.26.